The number of fused-ring (bicyclic) bond motifs is 1. The number of nitrogens with zero attached hydrogens (tertiary/aromatic N) is 2. The molecule has 0 bridgehead atoms. The van der Waals surface area contributed by atoms with E-state index in [1.165, 1.54) is 0 Å². The summed E-state index contributed by atoms with van der Waals surface area (Å²) in [4.78, 5) is 7.05. The van der Waals surface area contributed by atoms with Gasteiger partial charge in [0.25, 0.3) is 10.0 Å². The Bertz CT molecular complexity index is 1160. The van der Waals surface area contributed by atoms with E-state index in [1.807, 2.05) is 19.1 Å². The number of aryl methyl sites for hydroxylation is 1. The fourth-order valence-electron chi connectivity index (χ4n) is 3.27. The molecule has 0 saturated carbocycles. The normalized spacial score (nSPS) is 14.7. The molecule has 0 aliphatic carbocycles. The Balaban J connectivity index is 1.51. The van der Waals surface area contributed by atoms with Crippen molar-refractivity contribution in [3.05, 3.63) is 42.0 Å². The van der Waals surface area contributed by atoms with E-state index >= 15 is 0 Å². The third kappa shape index (κ3) is 5.09. The van der Waals surface area contributed by atoms with Gasteiger partial charge in [-0.05, 0) is 48.9 Å². The zero-order chi connectivity index (χ0) is 21.8. The van der Waals surface area contributed by atoms with Crippen LogP contribution in [0.1, 0.15) is 5.56 Å². The first-order valence-corrected chi connectivity index (χ1v) is 12.2. The van der Waals surface area contributed by atoms with E-state index in [4.69, 9.17) is 14.2 Å². The molecule has 8 nitrogen and oxygen atoms in total. The highest BCUT2D eigenvalue weighted by Crippen LogP contribution is 2.32. The highest BCUT2D eigenvalue weighted by atomic mass is 32.2. The van der Waals surface area contributed by atoms with Crippen LogP contribution in [0.25, 0.3) is 10.2 Å². The number of rotatable bonds is 8. The molecule has 4 rings (SSSR count). The molecule has 0 atom stereocenters. The highest BCUT2D eigenvalue weighted by Gasteiger charge is 2.18. The van der Waals surface area contributed by atoms with Crippen LogP contribution in [0, 0.1) is 6.92 Å². The molecule has 0 unspecified atom stereocenters. The number of hydrogen-bond acceptors (Lipinski definition) is 8. The van der Waals surface area contributed by atoms with Crippen LogP contribution in [0.2, 0.25) is 0 Å². The number of ether oxygens (including phenoxy) is 3. The van der Waals surface area contributed by atoms with Gasteiger partial charge in [0.2, 0.25) is 0 Å². The van der Waals surface area contributed by atoms with E-state index in [-0.39, 0.29) is 4.90 Å². The van der Waals surface area contributed by atoms with Crippen LogP contribution in [-0.4, -0.2) is 60.0 Å². The van der Waals surface area contributed by atoms with Gasteiger partial charge in [-0.1, -0.05) is 11.3 Å². The Hall–Kier alpha value is -2.40. The second-order valence-corrected chi connectivity index (χ2v) is 9.84. The lowest BCUT2D eigenvalue weighted by atomic mass is 10.2. The van der Waals surface area contributed by atoms with Crippen molar-refractivity contribution >= 4 is 42.4 Å². The number of sulfonamides is 1. The van der Waals surface area contributed by atoms with Crippen LogP contribution in [0.3, 0.4) is 0 Å². The molecule has 3 aromatic rings. The van der Waals surface area contributed by atoms with Crippen molar-refractivity contribution in [2.75, 3.05) is 56.2 Å². The Morgan fingerprint density at radius 3 is 2.71 bits per heavy atom. The van der Waals surface area contributed by atoms with Gasteiger partial charge >= 0.3 is 0 Å². The van der Waals surface area contributed by atoms with Gasteiger partial charge in [-0.25, -0.2) is 13.4 Å². The van der Waals surface area contributed by atoms with Crippen LogP contribution < -0.4 is 14.4 Å². The SMILES string of the molecule is COCCOc1ccc(S(=O)(=O)Nc2ccc3nc(N4CCOCC4)sc3c2)cc1C. The van der Waals surface area contributed by atoms with Crippen molar-refractivity contribution in [1.82, 2.24) is 4.98 Å². The number of thiazole rings is 1. The van der Waals surface area contributed by atoms with E-state index < -0.39 is 10.0 Å². The molecule has 1 N–H and O–H groups in total. The second kappa shape index (κ2) is 9.39. The summed E-state index contributed by atoms with van der Waals surface area (Å²) in [6, 6.07) is 10.2. The van der Waals surface area contributed by atoms with Gasteiger partial charge < -0.3 is 19.1 Å². The molecule has 1 aliphatic heterocycles. The van der Waals surface area contributed by atoms with E-state index in [0.29, 0.717) is 37.9 Å². The first-order valence-electron chi connectivity index (χ1n) is 9.95. The van der Waals surface area contributed by atoms with Crippen molar-refractivity contribution in [3.8, 4) is 5.75 Å². The summed E-state index contributed by atoms with van der Waals surface area (Å²) in [6.07, 6.45) is 0. The zero-order valence-corrected chi connectivity index (χ0v) is 19.1. The number of anilines is 2. The van der Waals surface area contributed by atoms with Gasteiger partial charge in [0, 0.05) is 20.2 Å². The first kappa shape index (κ1) is 21.8. The molecule has 0 amide bonds. The molecule has 10 heteroatoms. The maximum atomic E-state index is 12.9. The Morgan fingerprint density at radius 1 is 1.16 bits per heavy atom. The smallest absolute Gasteiger partial charge is 0.261 e. The molecule has 1 fully saturated rings. The lowest BCUT2D eigenvalue weighted by molar-refractivity contribution is 0.122. The van der Waals surface area contributed by atoms with Crippen LogP contribution in [-0.2, 0) is 19.5 Å². The first-order chi connectivity index (χ1) is 15.0. The molecule has 0 radical (unpaired) electrons. The lowest BCUT2D eigenvalue weighted by Gasteiger charge is -2.25. The fourth-order valence-corrected chi connectivity index (χ4v) is 5.46. The van der Waals surface area contributed by atoms with Crippen molar-refractivity contribution in [1.29, 1.82) is 0 Å². The van der Waals surface area contributed by atoms with Gasteiger partial charge in [0.05, 0.1) is 40.6 Å². The molecule has 2 heterocycles. The average Bonchev–Trinajstić information content (AvgIpc) is 3.19. The van der Waals surface area contributed by atoms with Crippen LogP contribution >= 0.6 is 11.3 Å². The molecule has 31 heavy (non-hydrogen) atoms. The number of morpholine rings is 1. The van der Waals surface area contributed by atoms with Gasteiger partial charge in [-0.15, -0.1) is 0 Å². The topological polar surface area (TPSA) is 90.0 Å². The highest BCUT2D eigenvalue weighted by molar-refractivity contribution is 7.92. The minimum absolute atomic E-state index is 0.183. The summed E-state index contributed by atoms with van der Waals surface area (Å²) in [7, 11) is -2.13. The number of hydrogen-bond donors (Lipinski definition) is 1. The Kier molecular flexibility index (Phi) is 6.61. The zero-order valence-electron chi connectivity index (χ0n) is 17.5. The second-order valence-electron chi connectivity index (χ2n) is 7.15. The maximum absolute atomic E-state index is 12.9. The molecule has 0 spiro atoms. The quantitative estimate of drug-likeness (QED) is 0.513. The van der Waals surface area contributed by atoms with E-state index in [2.05, 4.69) is 14.6 Å². The molecule has 166 valence electrons. The molecule has 2 aromatic carbocycles. The van der Waals surface area contributed by atoms with Gasteiger partial charge in [0.15, 0.2) is 5.13 Å². The molecule has 1 aromatic heterocycles. The van der Waals surface area contributed by atoms with E-state index in [0.717, 1.165) is 34.0 Å². The minimum atomic E-state index is -3.73. The van der Waals surface area contributed by atoms with Crippen LogP contribution in [0.15, 0.2) is 41.3 Å². The molecular formula is C21H25N3O5S2. The van der Waals surface area contributed by atoms with Crippen LogP contribution in [0.4, 0.5) is 10.8 Å². The number of nitrogens with one attached hydrogen (secondary N) is 1. The summed E-state index contributed by atoms with van der Waals surface area (Å²) >= 11 is 1.55. The standard InChI is InChI=1S/C21H25N3O5S2/c1-15-13-17(4-6-19(15)29-12-11-27-2)31(25,26)23-16-3-5-18-20(14-16)30-21(22-18)24-7-9-28-10-8-24/h3-6,13-14,23H,7-12H2,1-2H3. The number of benzene rings is 2. The summed E-state index contributed by atoms with van der Waals surface area (Å²) in [6.45, 7) is 5.69. The van der Waals surface area contributed by atoms with Crippen LogP contribution in [0.5, 0.6) is 5.75 Å². The number of methoxy groups -OCH3 is 1. The van der Waals surface area contributed by atoms with Crippen molar-refractivity contribution in [3.63, 3.8) is 0 Å². The maximum Gasteiger partial charge on any atom is 0.261 e. The van der Waals surface area contributed by atoms with Crippen molar-refractivity contribution in [2.45, 2.75) is 11.8 Å². The molecule has 1 aliphatic rings. The largest absolute Gasteiger partial charge is 0.491 e. The van der Waals surface area contributed by atoms with Gasteiger partial charge in [-0.3, -0.25) is 4.72 Å². The predicted octanol–water partition coefficient (Wildman–Crippen LogP) is 3.27. The minimum Gasteiger partial charge on any atom is -0.491 e. The number of aromatic nitrogens is 1. The third-order valence-electron chi connectivity index (χ3n) is 4.91. The Morgan fingerprint density at radius 2 is 1.97 bits per heavy atom. The average molecular weight is 464 g/mol. The fraction of sp³-hybridized carbons (Fsp3) is 0.381. The summed E-state index contributed by atoms with van der Waals surface area (Å²) in [5.41, 5.74) is 2.10. The predicted molar refractivity (Wildman–Crippen MR) is 122 cm³/mol. The van der Waals surface area contributed by atoms with Crippen molar-refractivity contribution < 1.29 is 22.6 Å². The monoisotopic (exact) mass is 463 g/mol. The van der Waals surface area contributed by atoms with E-state index in [1.54, 1.807) is 42.7 Å². The third-order valence-corrected chi connectivity index (χ3v) is 7.37. The Labute approximate surface area is 185 Å². The molecular weight excluding hydrogens is 438 g/mol. The van der Waals surface area contributed by atoms with E-state index in [9.17, 15) is 8.42 Å². The summed E-state index contributed by atoms with van der Waals surface area (Å²) < 4.78 is 45.4. The summed E-state index contributed by atoms with van der Waals surface area (Å²) in [5.74, 6) is 0.637. The lowest BCUT2D eigenvalue weighted by Crippen LogP contribution is -2.36. The van der Waals surface area contributed by atoms with Gasteiger partial charge in [-0.2, -0.15) is 0 Å². The summed E-state index contributed by atoms with van der Waals surface area (Å²) in [5, 5.41) is 0.929. The van der Waals surface area contributed by atoms with Gasteiger partial charge in [0.1, 0.15) is 12.4 Å². The van der Waals surface area contributed by atoms with Crippen molar-refractivity contribution in [2.24, 2.45) is 0 Å². The molecule has 1 saturated heterocycles.